The maximum atomic E-state index is 12.6. The fourth-order valence-corrected chi connectivity index (χ4v) is 6.19. The van der Waals surface area contributed by atoms with Gasteiger partial charge in [-0.2, -0.15) is 0 Å². The standard InChI is InChI=1S/C19H22N2O7S2/c1-27-17-7-6-14(11-18(17)28-2)20-19(22)13-4-3-5-16(10-13)30(25,26)21-15-8-9-29(23,24)12-15/h3-7,10-11,15,21H,8-9,12H2,1-2H3,(H,20,22). The first-order valence-electron chi connectivity index (χ1n) is 9.00. The summed E-state index contributed by atoms with van der Waals surface area (Å²) in [6.45, 7) is 0. The predicted octanol–water partition coefficient (Wildman–Crippen LogP) is 1.42. The van der Waals surface area contributed by atoms with E-state index in [4.69, 9.17) is 9.47 Å². The number of amides is 1. The summed E-state index contributed by atoms with van der Waals surface area (Å²) in [6.07, 6.45) is 0.223. The maximum absolute atomic E-state index is 12.6. The van der Waals surface area contributed by atoms with Crippen molar-refractivity contribution in [2.45, 2.75) is 17.4 Å². The van der Waals surface area contributed by atoms with E-state index < -0.39 is 31.8 Å². The number of rotatable bonds is 7. The van der Waals surface area contributed by atoms with Gasteiger partial charge < -0.3 is 14.8 Å². The van der Waals surface area contributed by atoms with Crippen molar-refractivity contribution < 1.29 is 31.1 Å². The van der Waals surface area contributed by atoms with Crippen LogP contribution in [0, 0.1) is 0 Å². The molecule has 0 spiro atoms. The van der Waals surface area contributed by atoms with Crippen LogP contribution in [-0.4, -0.2) is 54.5 Å². The molecule has 1 fully saturated rings. The molecule has 30 heavy (non-hydrogen) atoms. The zero-order chi connectivity index (χ0) is 21.9. The molecule has 11 heteroatoms. The number of methoxy groups -OCH3 is 2. The minimum absolute atomic E-state index is 0.0477. The highest BCUT2D eigenvalue weighted by molar-refractivity contribution is 7.92. The Morgan fingerprint density at radius 2 is 1.80 bits per heavy atom. The SMILES string of the molecule is COc1ccc(NC(=O)c2cccc(S(=O)(=O)NC3CCS(=O)(=O)C3)c2)cc1OC. The largest absolute Gasteiger partial charge is 0.493 e. The Kier molecular flexibility index (Phi) is 6.34. The minimum Gasteiger partial charge on any atom is -0.493 e. The van der Waals surface area contributed by atoms with Crippen LogP contribution in [0.4, 0.5) is 5.69 Å². The molecular formula is C19H22N2O7S2. The van der Waals surface area contributed by atoms with Crippen molar-refractivity contribution in [2.75, 3.05) is 31.0 Å². The first-order chi connectivity index (χ1) is 14.1. The highest BCUT2D eigenvalue weighted by Gasteiger charge is 2.31. The molecule has 0 bridgehead atoms. The number of sulfone groups is 1. The summed E-state index contributed by atoms with van der Waals surface area (Å²) in [5.41, 5.74) is 0.576. The number of ether oxygens (including phenoxy) is 2. The van der Waals surface area contributed by atoms with Gasteiger partial charge in [0, 0.05) is 23.4 Å². The monoisotopic (exact) mass is 454 g/mol. The number of nitrogens with one attached hydrogen (secondary N) is 2. The lowest BCUT2D eigenvalue weighted by molar-refractivity contribution is 0.102. The third-order valence-electron chi connectivity index (χ3n) is 4.60. The normalized spacial score (nSPS) is 18.0. The maximum Gasteiger partial charge on any atom is 0.255 e. The van der Waals surface area contributed by atoms with E-state index in [2.05, 4.69) is 10.0 Å². The third-order valence-corrected chi connectivity index (χ3v) is 7.89. The minimum atomic E-state index is -3.97. The lowest BCUT2D eigenvalue weighted by Crippen LogP contribution is -2.35. The Morgan fingerprint density at radius 1 is 1.07 bits per heavy atom. The van der Waals surface area contributed by atoms with Gasteiger partial charge in [0.1, 0.15) is 0 Å². The Hall–Kier alpha value is -2.63. The van der Waals surface area contributed by atoms with Crippen molar-refractivity contribution in [3.63, 3.8) is 0 Å². The Bertz CT molecular complexity index is 1160. The molecule has 1 amide bonds. The molecule has 0 saturated carbocycles. The van der Waals surface area contributed by atoms with Gasteiger partial charge in [0.15, 0.2) is 21.3 Å². The molecule has 2 N–H and O–H groups in total. The van der Waals surface area contributed by atoms with E-state index in [1.807, 2.05) is 0 Å². The van der Waals surface area contributed by atoms with Crippen molar-refractivity contribution in [3.05, 3.63) is 48.0 Å². The molecule has 1 unspecified atom stereocenters. The van der Waals surface area contributed by atoms with E-state index in [0.29, 0.717) is 17.2 Å². The summed E-state index contributed by atoms with van der Waals surface area (Å²) in [5, 5.41) is 2.68. The van der Waals surface area contributed by atoms with Crippen LogP contribution in [0.25, 0.3) is 0 Å². The fraction of sp³-hybridized carbons (Fsp3) is 0.316. The summed E-state index contributed by atoms with van der Waals surface area (Å²) in [5.74, 6) is 0.147. The number of carbonyl (C=O) groups is 1. The summed E-state index contributed by atoms with van der Waals surface area (Å²) < 4.78 is 61.1. The summed E-state index contributed by atoms with van der Waals surface area (Å²) in [4.78, 5) is 12.5. The molecule has 1 aliphatic rings. The molecule has 1 atom stereocenters. The molecular weight excluding hydrogens is 432 g/mol. The van der Waals surface area contributed by atoms with Crippen molar-refractivity contribution in [1.29, 1.82) is 0 Å². The van der Waals surface area contributed by atoms with E-state index in [1.165, 1.54) is 38.5 Å². The van der Waals surface area contributed by atoms with Gasteiger partial charge in [0.2, 0.25) is 10.0 Å². The van der Waals surface area contributed by atoms with E-state index >= 15 is 0 Å². The summed E-state index contributed by atoms with van der Waals surface area (Å²) in [6, 6.07) is 9.68. The first-order valence-corrected chi connectivity index (χ1v) is 12.3. The fourth-order valence-electron chi connectivity index (χ4n) is 3.10. The van der Waals surface area contributed by atoms with Gasteiger partial charge in [-0.25, -0.2) is 21.6 Å². The summed E-state index contributed by atoms with van der Waals surface area (Å²) >= 11 is 0. The van der Waals surface area contributed by atoms with Crippen LogP contribution in [0.3, 0.4) is 0 Å². The molecule has 0 radical (unpaired) electrons. The van der Waals surface area contributed by atoms with E-state index in [0.717, 1.165) is 0 Å². The van der Waals surface area contributed by atoms with Gasteiger partial charge in [-0.15, -0.1) is 0 Å². The van der Waals surface area contributed by atoms with E-state index in [-0.39, 0.29) is 28.4 Å². The van der Waals surface area contributed by atoms with Crippen LogP contribution in [-0.2, 0) is 19.9 Å². The number of hydrogen-bond donors (Lipinski definition) is 2. The van der Waals surface area contributed by atoms with Crippen LogP contribution in [0.1, 0.15) is 16.8 Å². The second-order valence-corrected chi connectivity index (χ2v) is 10.7. The molecule has 162 valence electrons. The van der Waals surface area contributed by atoms with E-state index in [1.54, 1.807) is 18.2 Å². The van der Waals surface area contributed by atoms with E-state index in [9.17, 15) is 21.6 Å². The van der Waals surface area contributed by atoms with Gasteiger partial charge in [-0.3, -0.25) is 4.79 Å². The topological polar surface area (TPSA) is 128 Å². The quantitative estimate of drug-likeness (QED) is 0.648. The average Bonchev–Trinajstić information content (AvgIpc) is 3.05. The van der Waals surface area contributed by atoms with Crippen LogP contribution in [0.5, 0.6) is 11.5 Å². The molecule has 9 nitrogen and oxygen atoms in total. The Labute approximate surface area is 175 Å². The Balaban J connectivity index is 1.77. The second kappa shape index (κ2) is 8.62. The number of hydrogen-bond acceptors (Lipinski definition) is 7. The predicted molar refractivity (Wildman–Crippen MR) is 111 cm³/mol. The van der Waals surface area contributed by atoms with Crippen LogP contribution in [0.2, 0.25) is 0 Å². The highest BCUT2D eigenvalue weighted by Crippen LogP contribution is 2.30. The highest BCUT2D eigenvalue weighted by atomic mass is 32.2. The zero-order valence-electron chi connectivity index (χ0n) is 16.4. The molecule has 2 aromatic rings. The molecule has 2 aromatic carbocycles. The van der Waals surface area contributed by atoms with Gasteiger partial charge >= 0.3 is 0 Å². The van der Waals surface area contributed by atoms with Crippen molar-refractivity contribution >= 4 is 31.5 Å². The first kappa shape index (κ1) is 22.1. The number of sulfonamides is 1. The molecule has 1 heterocycles. The lowest BCUT2D eigenvalue weighted by atomic mass is 10.2. The van der Waals surface area contributed by atoms with Crippen LogP contribution >= 0.6 is 0 Å². The van der Waals surface area contributed by atoms with Gasteiger partial charge in [-0.05, 0) is 36.8 Å². The lowest BCUT2D eigenvalue weighted by Gasteiger charge is -2.13. The molecule has 1 aliphatic heterocycles. The van der Waals surface area contributed by atoms with Gasteiger partial charge in [-0.1, -0.05) is 6.07 Å². The summed E-state index contributed by atoms with van der Waals surface area (Å²) in [7, 11) is -4.23. The van der Waals surface area contributed by atoms with Gasteiger partial charge in [0.05, 0.1) is 30.6 Å². The molecule has 0 aromatic heterocycles. The molecule has 3 rings (SSSR count). The third kappa shape index (κ3) is 5.10. The molecule has 1 saturated heterocycles. The van der Waals surface area contributed by atoms with Crippen LogP contribution in [0.15, 0.2) is 47.4 Å². The van der Waals surface area contributed by atoms with Crippen molar-refractivity contribution in [1.82, 2.24) is 4.72 Å². The Morgan fingerprint density at radius 3 is 2.43 bits per heavy atom. The van der Waals surface area contributed by atoms with Crippen molar-refractivity contribution in [2.24, 2.45) is 0 Å². The van der Waals surface area contributed by atoms with Crippen LogP contribution < -0.4 is 19.5 Å². The second-order valence-electron chi connectivity index (χ2n) is 6.77. The zero-order valence-corrected chi connectivity index (χ0v) is 18.0. The number of anilines is 1. The molecule has 0 aliphatic carbocycles. The number of benzene rings is 2. The number of carbonyl (C=O) groups excluding carboxylic acids is 1. The van der Waals surface area contributed by atoms with Gasteiger partial charge in [0.25, 0.3) is 5.91 Å². The smallest absolute Gasteiger partial charge is 0.255 e. The average molecular weight is 455 g/mol. The van der Waals surface area contributed by atoms with Crippen molar-refractivity contribution in [3.8, 4) is 11.5 Å².